The van der Waals surface area contributed by atoms with E-state index in [1.807, 2.05) is 44.2 Å². The first-order valence-corrected chi connectivity index (χ1v) is 10.3. The molecule has 0 radical (unpaired) electrons. The fourth-order valence-electron chi connectivity index (χ4n) is 3.04. The highest BCUT2D eigenvalue weighted by atomic mass is 16.5. The van der Waals surface area contributed by atoms with Crippen molar-refractivity contribution in [3.8, 4) is 11.3 Å². The van der Waals surface area contributed by atoms with Crippen LogP contribution in [0, 0.1) is 0 Å². The summed E-state index contributed by atoms with van der Waals surface area (Å²) in [7, 11) is 0. The molecule has 3 rings (SSSR count). The van der Waals surface area contributed by atoms with Crippen LogP contribution in [-0.2, 0) is 6.54 Å². The Bertz CT molecular complexity index is 1120. The molecular formula is C23H26N4O4. The number of hydrogen-bond acceptors (Lipinski definition) is 5. The zero-order valence-corrected chi connectivity index (χ0v) is 17.8. The summed E-state index contributed by atoms with van der Waals surface area (Å²) in [5.41, 5.74) is 0.652. The summed E-state index contributed by atoms with van der Waals surface area (Å²) in [5, 5.41) is 9.29. The monoisotopic (exact) mass is 422 g/mol. The maximum Gasteiger partial charge on any atom is 0.257 e. The Morgan fingerprint density at radius 2 is 1.71 bits per heavy atom. The number of pyridine rings is 1. The minimum Gasteiger partial charge on any atom is -0.356 e. The second kappa shape index (κ2) is 9.88. The SMILES string of the molecule is CCNC(=O)c1cn([C@H](C)CC)cc(C(=O)NCc2cc(-c3ccccc3)on2)c1=O. The van der Waals surface area contributed by atoms with E-state index in [-0.39, 0.29) is 23.7 Å². The molecular weight excluding hydrogens is 396 g/mol. The normalized spacial score (nSPS) is 11.7. The fraction of sp³-hybridized carbons (Fsp3) is 0.304. The molecule has 8 nitrogen and oxygen atoms in total. The standard InChI is InChI=1S/C23H26N4O4/c1-4-15(3)27-13-18(22(29)24-5-2)21(28)19(14-27)23(30)25-12-17-11-20(31-26-17)16-9-7-6-8-10-16/h6-11,13-15H,4-5,12H2,1-3H3,(H,24,29)(H,25,30)/t15-/m1/s1. The van der Waals surface area contributed by atoms with Crippen LogP contribution in [0.5, 0.6) is 0 Å². The second-order valence-corrected chi connectivity index (χ2v) is 7.21. The number of amides is 2. The molecule has 2 aromatic heterocycles. The van der Waals surface area contributed by atoms with Crippen molar-refractivity contribution in [1.82, 2.24) is 20.4 Å². The van der Waals surface area contributed by atoms with Crippen molar-refractivity contribution in [3.05, 3.63) is 75.8 Å². The van der Waals surface area contributed by atoms with Crippen molar-refractivity contribution < 1.29 is 14.1 Å². The van der Waals surface area contributed by atoms with Crippen molar-refractivity contribution in [3.63, 3.8) is 0 Å². The molecule has 1 aromatic carbocycles. The molecule has 0 fully saturated rings. The van der Waals surface area contributed by atoms with Crippen molar-refractivity contribution in [2.24, 2.45) is 0 Å². The topological polar surface area (TPSA) is 106 Å². The summed E-state index contributed by atoms with van der Waals surface area (Å²) >= 11 is 0. The molecule has 0 aliphatic heterocycles. The lowest BCUT2D eigenvalue weighted by Crippen LogP contribution is -2.35. The van der Waals surface area contributed by atoms with Crippen molar-refractivity contribution in [1.29, 1.82) is 0 Å². The van der Waals surface area contributed by atoms with Crippen molar-refractivity contribution in [2.45, 2.75) is 39.8 Å². The quantitative estimate of drug-likeness (QED) is 0.580. The smallest absolute Gasteiger partial charge is 0.257 e. The van der Waals surface area contributed by atoms with Crippen LogP contribution in [0.25, 0.3) is 11.3 Å². The molecule has 8 heteroatoms. The van der Waals surface area contributed by atoms with Crippen LogP contribution in [0.1, 0.15) is 59.6 Å². The lowest BCUT2D eigenvalue weighted by molar-refractivity contribution is 0.0947. The average molecular weight is 422 g/mol. The van der Waals surface area contributed by atoms with Gasteiger partial charge >= 0.3 is 0 Å². The molecule has 3 aromatic rings. The number of hydrogen-bond donors (Lipinski definition) is 2. The Kier molecular flexibility index (Phi) is 7.02. The number of aromatic nitrogens is 2. The zero-order valence-electron chi connectivity index (χ0n) is 17.8. The van der Waals surface area contributed by atoms with Gasteiger partial charge in [-0.3, -0.25) is 14.4 Å². The van der Waals surface area contributed by atoms with E-state index in [1.165, 1.54) is 12.4 Å². The van der Waals surface area contributed by atoms with Gasteiger partial charge in [0.1, 0.15) is 16.8 Å². The minimum absolute atomic E-state index is 0.0179. The van der Waals surface area contributed by atoms with Gasteiger partial charge in [0.2, 0.25) is 5.43 Å². The first-order chi connectivity index (χ1) is 14.9. The minimum atomic E-state index is -0.604. The summed E-state index contributed by atoms with van der Waals surface area (Å²) in [6, 6.07) is 11.2. The Morgan fingerprint density at radius 3 is 2.32 bits per heavy atom. The highest BCUT2D eigenvalue weighted by Gasteiger charge is 2.20. The van der Waals surface area contributed by atoms with E-state index in [4.69, 9.17) is 4.52 Å². The highest BCUT2D eigenvalue weighted by Crippen LogP contribution is 2.19. The van der Waals surface area contributed by atoms with Crippen LogP contribution < -0.4 is 16.1 Å². The van der Waals surface area contributed by atoms with E-state index in [9.17, 15) is 14.4 Å². The molecule has 31 heavy (non-hydrogen) atoms. The average Bonchev–Trinajstić information content (AvgIpc) is 3.27. The van der Waals surface area contributed by atoms with E-state index < -0.39 is 17.2 Å². The number of nitrogens with zero attached hydrogens (tertiary/aromatic N) is 2. The Morgan fingerprint density at radius 1 is 1.06 bits per heavy atom. The summed E-state index contributed by atoms with van der Waals surface area (Å²) in [5.74, 6) is -0.483. The van der Waals surface area contributed by atoms with Crippen LogP contribution in [0.2, 0.25) is 0 Å². The largest absolute Gasteiger partial charge is 0.356 e. The van der Waals surface area contributed by atoms with Gasteiger partial charge in [-0.25, -0.2) is 0 Å². The van der Waals surface area contributed by atoms with Gasteiger partial charge in [0.25, 0.3) is 11.8 Å². The first kappa shape index (κ1) is 22.0. The molecule has 0 spiro atoms. The number of nitrogens with one attached hydrogen (secondary N) is 2. The molecule has 0 aliphatic carbocycles. The van der Waals surface area contributed by atoms with Crippen LogP contribution >= 0.6 is 0 Å². The third kappa shape index (κ3) is 5.09. The molecule has 0 aliphatic rings. The third-order valence-electron chi connectivity index (χ3n) is 5.02. The Labute approximate surface area is 180 Å². The van der Waals surface area contributed by atoms with Gasteiger partial charge < -0.3 is 19.7 Å². The maximum atomic E-state index is 12.8. The third-order valence-corrected chi connectivity index (χ3v) is 5.02. The predicted octanol–water partition coefficient (Wildman–Crippen LogP) is 3.15. The molecule has 0 unspecified atom stereocenters. The highest BCUT2D eigenvalue weighted by molar-refractivity contribution is 5.99. The van der Waals surface area contributed by atoms with Gasteiger partial charge in [0.15, 0.2) is 5.76 Å². The van der Waals surface area contributed by atoms with E-state index in [1.54, 1.807) is 17.6 Å². The first-order valence-electron chi connectivity index (χ1n) is 10.3. The lowest BCUT2D eigenvalue weighted by Gasteiger charge is -2.17. The molecule has 0 saturated heterocycles. The van der Waals surface area contributed by atoms with Crippen LogP contribution in [0.3, 0.4) is 0 Å². The Balaban J connectivity index is 1.82. The number of rotatable bonds is 8. The molecule has 2 heterocycles. The van der Waals surface area contributed by atoms with E-state index in [0.29, 0.717) is 18.0 Å². The van der Waals surface area contributed by atoms with E-state index >= 15 is 0 Å². The van der Waals surface area contributed by atoms with E-state index in [2.05, 4.69) is 15.8 Å². The van der Waals surface area contributed by atoms with Gasteiger partial charge in [0, 0.05) is 36.6 Å². The van der Waals surface area contributed by atoms with Crippen LogP contribution in [0.15, 0.2) is 58.1 Å². The number of carbonyl (C=O) groups is 2. The summed E-state index contributed by atoms with van der Waals surface area (Å²) < 4.78 is 7.06. The van der Waals surface area contributed by atoms with Gasteiger partial charge in [-0.05, 0) is 20.3 Å². The van der Waals surface area contributed by atoms with Crippen LogP contribution in [0.4, 0.5) is 0 Å². The zero-order chi connectivity index (χ0) is 22.4. The van der Waals surface area contributed by atoms with Crippen molar-refractivity contribution in [2.75, 3.05) is 6.54 Å². The molecule has 162 valence electrons. The lowest BCUT2D eigenvalue weighted by atomic mass is 10.1. The molecule has 1 atom stereocenters. The maximum absolute atomic E-state index is 12.8. The van der Waals surface area contributed by atoms with Crippen molar-refractivity contribution >= 4 is 11.8 Å². The van der Waals surface area contributed by atoms with Gasteiger partial charge in [-0.15, -0.1) is 0 Å². The summed E-state index contributed by atoms with van der Waals surface area (Å²) in [4.78, 5) is 38.0. The molecule has 0 bridgehead atoms. The second-order valence-electron chi connectivity index (χ2n) is 7.21. The summed E-state index contributed by atoms with van der Waals surface area (Å²) in [6.45, 7) is 6.18. The predicted molar refractivity (Wildman–Crippen MR) is 117 cm³/mol. The Hall–Kier alpha value is -3.68. The van der Waals surface area contributed by atoms with Gasteiger partial charge in [0.05, 0.1) is 6.54 Å². The van der Waals surface area contributed by atoms with Crippen LogP contribution in [-0.4, -0.2) is 28.1 Å². The summed E-state index contributed by atoms with van der Waals surface area (Å²) in [6.07, 6.45) is 3.77. The number of carbonyl (C=O) groups excluding carboxylic acids is 2. The molecule has 2 N–H and O–H groups in total. The van der Waals surface area contributed by atoms with E-state index in [0.717, 1.165) is 12.0 Å². The molecule has 2 amide bonds. The fourth-order valence-corrected chi connectivity index (χ4v) is 3.04. The molecule has 0 saturated carbocycles. The number of benzene rings is 1. The van der Waals surface area contributed by atoms with Gasteiger partial charge in [-0.2, -0.15) is 0 Å². The van der Waals surface area contributed by atoms with Gasteiger partial charge in [-0.1, -0.05) is 42.4 Å².